The van der Waals surface area contributed by atoms with Gasteiger partial charge in [-0.15, -0.1) is 0 Å². The van der Waals surface area contributed by atoms with Crippen molar-refractivity contribution in [3.8, 4) is 0 Å². The van der Waals surface area contributed by atoms with Gasteiger partial charge in [-0.3, -0.25) is 0 Å². The van der Waals surface area contributed by atoms with Crippen molar-refractivity contribution in [1.82, 2.24) is 0 Å². The lowest BCUT2D eigenvalue weighted by Gasteiger charge is -2.13. The summed E-state index contributed by atoms with van der Waals surface area (Å²) in [5.74, 6) is -1.83. The predicted octanol–water partition coefficient (Wildman–Crippen LogP) is 5.66. The van der Waals surface area contributed by atoms with Gasteiger partial charge in [-0.1, -0.05) is 58.7 Å². The van der Waals surface area contributed by atoms with Gasteiger partial charge < -0.3 is 0 Å². The molecule has 0 saturated heterocycles. The SMILES string of the molecule is CCc1ccc(C(Br)c2cc(F)c(F)cc2Cl)cc1. The molecule has 0 aliphatic heterocycles. The fourth-order valence-corrected chi connectivity index (χ4v) is 2.91. The largest absolute Gasteiger partial charge is 0.204 e. The number of hydrogen-bond donors (Lipinski definition) is 0. The Morgan fingerprint density at radius 3 is 2.26 bits per heavy atom. The predicted molar refractivity (Wildman–Crippen MR) is 78.0 cm³/mol. The zero-order valence-corrected chi connectivity index (χ0v) is 12.6. The minimum Gasteiger partial charge on any atom is -0.204 e. The van der Waals surface area contributed by atoms with Crippen LogP contribution in [0.3, 0.4) is 0 Å². The minimum atomic E-state index is -0.935. The molecule has 2 aromatic carbocycles. The van der Waals surface area contributed by atoms with Crippen LogP contribution < -0.4 is 0 Å². The highest BCUT2D eigenvalue weighted by molar-refractivity contribution is 9.09. The van der Waals surface area contributed by atoms with E-state index in [-0.39, 0.29) is 9.85 Å². The van der Waals surface area contributed by atoms with Gasteiger partial charge in [-0.05, 0) is 35.2 Å². The van der Waals surface area contributed by atoms with Crippen LogP contribution in [0.4, 0.5) is 8.78 Å². The third-order valence-electron chi connectivity index (χ3n) is 2.99. The monoisotopic (exact) mass is 344 g/mol. The molecule has 0 aliphatic rings. The fourth-order valence-electron chi connectivity index (χ4n) is 1.83. The highest BCUT2D eigenvalue weighted by Crippen LogP contribution is 2.36. The van der Waals surface area contributed by atoms with Gasteiger partial charge in [0.2, 0.25) is 0 Å². The number of alkyl halides is 1. The molecule has 0 saturated carbocycles. The molecule has 0 bridgehead atoms. The summed E-state index contributed by atoms with van der Waals surface area (Å²) in [5.41, 5.74) is 2.69. The molecule has 0 aliphatic carbocycles. The van der Waals surface area contributed by atoms with Gasteiger partial charge >= 0.3 is 0 Å². The third kappa shape index (κ3) is 3.15. The molecule has 1 atom stereocenters. The van der Waals surface area contributed by atoms with Crippen LogP contribution in [0.1, 0.15) is 28.4 Å². The average Bonchev–Trinajstić information content (AvgIpc) is 2.42. The van der Waals surface area contributed by atoms with Gasteiger partial charge in [0.15, 0.2) is 11.6 Å². The second kappa shape index (κ2) is 6.02. The summed E-state index contributed by atoms with van der Waals surface area (Å²) in [6.07, 6.45) is 0.958. The van der Waals surface area contributed by atoms with Crippen molar-refractivity contribution in [3.05, 3.63) is 69.7 Å². The molecule has 0 nitrogen and oxygen atoms in total. The summed E-state index contributed by atoms with van der Waals surface area (Å²) in [6, 6.07) is 10.1. The first-order valence-corrected chi connectivity index (χ1v) is 7.19. The molecule has 4 heteroatoms. The topological polar surface area (TPSA) is 0 Å². The van der Waals surface area contributed by atoms with Gasteiger partial charge in [0.25, 0.3) is 0 Å². The first-order valence-electron chi connectivity index (χ1n) is 5.90. The Hall–Kier alpha value is -0.930. The Morgan fingerprint density at radius 1 is 1.11 bits per heavy atom. The molecule has 2 rings (SSSR count). The van der Waals surface area contributed by atoms with Crippen LogP contribution in [0.5, 0.6) is 0 Å². The van der Waals surface area contributed by atoms with Crippen LogP contribution in [0.25, 0.3) is 0 Å². The zero-order valence-electron chi connectivity index (χ0n) is 10.3. The summed E-state index contributed by atoms with van der Waals surface area (Å²) >= 11 is 9.44. The van der Waals surface area contributed by atoms with Crippen LogP contribution in [-0.2, 0) is 6.42 Å². The van der Waals surface area contributed by atoms with E-state index in [1.165, 1.54) is 5.56 Å². The summed E-state index contributed by atoms with van der Waals surface area (Å²) in [5, 5.41) is 0.209. The molecule has 0 fully saturated rings. The molecule has 0 radical (unpaired) electrons. The highest BCUT2D eigenvalue weighted by Gasteiger charge is 2.17. The second-order valence-electron chi connectivity index (χ2n) is 4.25. The zero-order chi connectivity index (χ0) is 14.0. The number of benzene rings is 2. The molecular formula is C15H12BrClF2. The minimum absolute atomic E-state index is 0.209. The van der Waals surface area contributed by atoms with Crippen LogP contribution >= 0.6 is 27.5 Å². The lowest BCUT2D eigenvalue weighted by molar-refractivity contribution is 0.507. The standard InChI is InChI=1S/C15H12BrClF2/c1-2-9-3-5-10(6-4-9)15(16)11-7-13(18)14(19)8-12(11)17/h3-8,15H,2H2,1H3. The lowest BCUT2D eigenvalue weighted by Crippen LogP contribution is -1.97. The average molecular weight is 346 g/mol. The van der Waals surface area contributed by atoms with E-state index in [1.807, 2.05) is 24.3 Å². The highest BCUT2D eigenvalue weighted by atomic mass is 79.9. The van der Waals surface area contributed by atoms with Crippen molar-refractivity contribution in [3.63, 3.8) is 0 Å². The summed E-state index contributed by atoms with van der Waals surface area (Å²) < 4.78 is 26.3. The van der Waals surface area contributed by atoms with E-state index >= 15 is 0 Å². The molecule has 0 amide bonds. The molecule has 0 N–H and O–H groups in total. The smallest absolute Gasteiger partial charge is 0.160 e. The molecular weight excluding hydrogens is 334 g/mol. The Labute approximate surface area is 124 Å². The van der Waals surface area contributed by atoms with Gasteiger partial charge in [-0.2, -0.15) is 0 Å². The summed E-state index contributed by atoms with van der Waals surface area (Å²) in [7, 11) is 0. The molecule has 1 unspecified atom stereocenters. The van der Waals surface area contributed by atoms with Crippen molar-refractivity contribution in [2.45, 2.75) is 18.2 Å². The van der Waals surface area contributed by atoms with Crippen molar-refractivity contribution < 1.29 is 8.78 Å². The van der Waals surface area contributed by atoms with Gasteiger partial charge in [0.1, 0.15) is 0 Å². The van der Waals surface area contributed by atoms with Crippen molar-refractivity contribution in [2.75, 3.05) is 0 Å². The molecule has 0 aromatic heterocycles. The van der Waals surface area contributed by atoms with E-state index in [4.69, 9.17) is 11.6 Å². The molecule has 0 heterocycles. The maximum atomic E-state index is 13.3. The van der Waals surface area contributed by atoms with E-state index in [9.17, 15) is 8.78 Å². The maximum absolute atomic E-state index is 13.3. The van der Waals surface area contributed by atoms with E-state index in [0.29, 0.717) is 5.56 Å². The van der Waals surface area contributed by atoms with E-state index in [0.717, 1.165) is 24.1 Å². The third-order valence-corrected chi connectivity index (χ3v) is 4.34. The number of aryl methyl sites for hydroxylation is 1. The first kappa shape index (κ1) is 14.5. The quantitative estimate of drug-likeness (QED) is 0.497. The Morgan fingerprint density at radius 2 is 1.68 bits per heavy atom. The first-order chi connectivity index (χ1) is 9.02. The van der Waals surface area contributed by atoms with Crippen LogP contribution in [0, 0.1) is 11.6 Å². The second-order valence-corrected chi connectivity index (χ2v) is 5.57. The molecule has 2 aromatic rings. The Balaban J connectivity index is 2.37. The van der Waals surface area contributed by atoms with Crippen molar-refractivity contribution in [2.24, 2.45) is 0 Å². The fraction of sp³-hybridized carbons (Fsp3) is 0.200. The van der Waals surface area contributed by atoms with Gasteiger partial charge in [0.05, 0.1) is 4.83 Å². The summed E-state index contributed by atoms with van der Waals surface area (Å²) in [6.45, 7) is 2.08. The van der Waals surface area contributed by atoms with E-state index in [1.54, 1.807) is 0 Å². The summed E-state index contributed by atoms with van der Waals surface area (Å²) in [4.78, 5) is -0.263. The van der Waals surface area contributed by atoms with E-state index < -0.39 is 11.6 Å². The number of halogens is 4. The van der Waals surface area contributed by atoms with Crippen LogP contribution in [0.15, 0.2) is 36.4 Å². The Bertz CT molecular complexity index is 581. The Kier molecular flexibility index (Phi) is 4.58. The number of hydrogen-bond acceptors (Lipinski definition) is 0. The number of rotatable bonds is 3. The molecule has 0 spiro atoms. The van der Waals surface area contributed by atoms with Gasteiger partial charge in [0, 0.05) is 5.02 Å². The normalized spacial score (nSPS) is 12.5. The van der Waals surface area contributed by atoms with Crippen molar-refractivity contribution in [1.29, 1.82) is 0 Å². The van der Waals surface area contributed by atoms with E-state index in [2.05, 4.69) is 22.9 Å². The lowest BCUT2D eigenvalue weighted by atomic mass is 10.0. The maximum Gasteiger partial charge on any atom is 0.160 e. The molecule has 100 valence electrons. The van der Waals surface area contributed by atoms with Crippen molar-refractivity contribution >= 4 is 27.5 Å². The van der Waals surface area contributed by atoms with Crippen LogP contribution in [0.2, 0.25) is 5.02 Å². The molecule has 19 heavy (non-hydrogen) atoms. The van der Waals surface area contributed by atoms with Crippen LogP contribution in [-0.4, -0.2) is 0 Å². The van der Waals surface area contributed by atoms with Gasteiger partial charge in [-0.25, -0.2) is 8.78 Å².